The number of aliphatic carboxylic acids is 1. The van der Waals surface area contributed by atoms with Crippen LogP contribution < -0.4 is 5.32 Å². The van der Waals surface area contributed by atoms with Crippen LogP contribution in [0.15, 0.2) is 48.5 Å². The first-order chi connectivity index (χ1) is 15.0. The van der Waals surface area contributed by atoms with E-state index in [9.17, 15) is 19.5 Å². The normalized spacial score (nSPS) is 23.0. The number of fused-ring (bicyclic) bond motifs is 4. The van der Waals surface area contributed by atoms with Crippen LogP contribution in [0.3, 0.4) is 0 Å². The highest BCUT2D eigenvalue weighted by Crippen LogP contribution is 2.46. The lowest BCUT2D eigenvalue weighted by Gasteiger charge is -2.33. The van der Waals surface area contributed by atoms with Crippen molar-refractivity contribution in [3.8, 4) is 11.1 Å². The Morgan fingerprint density at radius 3 is 2.29 bits per heavy atom. The minimum absolute atomic E-state index is 0.0101. The van der Waals surface area contributed by atoms with Gasteiger partial charge in [0, 0.05) is 31.5 Å². The Labute approximate surface area is 180 Å². The molecule has 3 unspecified atom stereocenters. The van der Waals surface area contributed by atoms with E-state index < -0.39 is 18.0 Å². The van der Waals surface area contributed by atoms with E-state index in [1.54, 1.807) is 4.90 Å². The van der Waals surface area contributed by atoms with E-state index in [0.717, 1.165) is 17.5 Å². The summed E-state index contributed by atoms with van der Waals surface area (Å²) < 4.78 is 5.47. The molecule has 2 N–H and O–H groups in total. The Morgan fingerprint density at radius 2 is 1.68 bits per heavy atom. The van der Waals surface area contributed by atoms with Crippen molar-refractivity contribution < 1.29 is 24.2 Å². The van der Waals surface area contributed by atoms with Crippen LogP contribution in [0.4, 0.5) is 4.79 Å². The van der Waals surface area contributed by atoms with Gasteiger partial charge in [-0.15, -0.1) is 0 Å². The fraction of sp³-hybridized carbons (Fsp3) is 0.375. The lowest BCUT2D eigenvalue weighted by atomic mass is 9.74. The number of carbonyl (C=O) groups is 3. The van der Waals surface area contributed by atoms with E-state index in [-0.39, 0.29) is 43.4 Å². The van der Waals surface area contributed by atoms with Crippen LogP contribution in [0.5, 0.6) is 0 Å². The molecular formula is C24H24N2O5. The molecule has 7 heteroatoms. The maximum absolute atomic E-state index is 12.4. The maximum atomic E-state index is 12.4. The van der Waals surface area contributed by atoms with Crippen LogP contribution >= 0.6 is 0 Å². The zero-order chi connectivity index (χ0) is 21.5. The third kappa shape index (κ3) is 3.34. The lowest BCUT2D eigenvalue weighted by molar-refractivity contribution is -0.148. The summed E-state index contributed by atoms with van der Waals surface area (Å²) in [4.78, 5) is 37.5. The van der Waals surface area contributed by atoms with Crippen LogP contribution in [0.2, 0.25) is 0 Å². The first kappa shape index (κ1) is 19.6. The van der Waals surface area contributed by atoms with Gasteiger partial charge in [0.1, 0.15) is 6.61 Å². The predicted octanol–water partition coefficient (Wildman–Crippen LogP) is 2.85. The summed E-state index contributed by atoms with van der Waals surface area (Å²) in [6.07, 6.45) is 0.353. The van der Waals surface area contributed by atoms with E-state index in [0.29, 0.717) is 6.54 Å². The summed E-state index contributed by atoms with van der Waals surface area (Å²) in [7, 11) is 0. The van der Waals surface area contributed by atoms with Crippen LogP contribution in [-0.4, -0.2) is 53.7 Å². The van der Waals surface area contributed by atoms with Gasteiger partial charge in [-0.3, -0.25) is 9.59 Å². The summed E-state index contributed by atoms with van der Waals surface area (Å²) >= 11 is 0. The Balaban J connectivity index is 1.12. The van der Waals surface area contributed by atoms with Crippen LogP contribution in [0.1, 0.15) is 29.9 Å². The SMILES string of the molecule is O=C(NCCC(=O)N1CC2CC1C2C(=O)O)OCC1c2ccccc2-c2ccccc21. The molecule has 1 saturated carbocycles. The number of nitrogens with one attached hydrogen (secondary N) is 1. The molecular weight excluding hydrogens is 396 g/mol. The standard InChI is InChI=1S/C24H24N2O5/c27-21(26-12-14-11-20(26)22(14)23(28)29)9-10-25-24(30)31-13-19-17-7-3-1-5-15(17)16-6-2-4-8-18(16)19/h1-8,14,19-20,22H,9-13H2,(H,25,30)(H,28,29). The van der Waals surface area contributed by atoms with Gasteiger partial charge in [0.05, 0.1) is 5.92 Å². The summed E-state index contributed by atoms with van der Waals surface area (Å²) in [5, 5.41) is 11.9. The zero-order valence-corrected chi connectivity index (χ0v) is 17.0. The molecule has 31 heavy (non-hydrogen) atoms. The van der Waals surface area contributed by atoms with E-state index in [2.05, 4.69) is 29.6 Å². The van der Waals surface area contributed by atoms with Crippen LogP contribution in [0, 0.1) is 11.8 Å². The number of amides is 2. The molecule has 2 aromatic carbocycles. The van der Waals surface area contributed by atoms with E-state index >= 15 is 0 Å². The number of ether oxygens (including phenoxy) is 1. The molecule has 2 bridgehead atoms. The molecule has 0 radical (unpaired) electrons. The second-order valence-corrected chi connectivity index (χ2v) is 8.48. The fourth-order valence-corrected chi connectivity index (χ4v) is 5.34. The Kier molecular flexibility index (Phi) is 4.88. The van der Waals surface area contributed by atoms with Gasteiger partial charge >= 0.3 is 12.1 Å². The van der Waals surface area contributed by atoms with Gasteiger partial charge in [0.2, 0.25) is 5.91 Å². The molecule has 3 fully saturated rings. The maximum Gasteiger partial charge on any atom is 0.407 e. The van der Waals surface area contributed by atoms with E-state index in [4.69, 9.17) is 4.74 Å². The Hall–Kier alpha value is -3.35. The van der Waals surface area contributed by atoms with Crippen molar-refractivity contribution in [3.63, 3.8) is 0 Å². The predicted molar refractivity (Wildman–Crippen MR) is 112 cm³/mol. The fourth-order valence-electron chi connectivity index (χ4n) is 5.34. The van der Waals surface area contributed by atoms with E-state index in [1.165, 1.54) is 11.1 Å². The van der Waals surface area contributed by atoms with Gasteiger partial charge < -0.3 is 20.1 Å². The number of carbonyl (C=O) groups excluding carboxylic acids is 2. The van der Waals surface area contributed by atoms with Crippen molar-refractivity contribution >= 4 is 18.0 Å². The molecule has 0 spiro atoms. The molecule has 2 heterocycles. The number of carboxylic acids is 1. The average molecular weight is 420 g/mol. The van der Waals surface area contributed by atoms with Gasteiger partial charge in [0.15, 0.2) is 0 Å². The molecule has 2 amide bonds. The quantitative estimate of drug-likeness (QED) is 0.749. The van der Waals surface area contributed by atoms with Gasteiger partial charge in [0.25, 0.3) is 0 Å². The summed E-state index contributed by atoms with van der Waals surface area (Å²) in [5.74, 6) is -1.31. The number of hydrogen-bond acceptors (Lipinski definition) is 4. The number of alkyl carbamates (subject to hydrolysis) is 1. The first-order valence-electron chi connectivity index (χ1n) is 10.7. The third-order valence-electron chi connectivity index (χ3n) is 6.86. The minimum Gasteiger partial charge on any atom is -0.481 e. The van der Waals surface area contributed by atoms with Crippen molar-refractivity contribution in [2.75, 3.05) is 19.7 Å². The van der Waals surface area contributed by atoms with Crippen LogP contribution in [0.25, 0.3) is 11.1 Å². The number of rotatable bonds is 6. The number of hydrogen-bond donors (Lipinski definition) is 2. The lowest BCUT2D eigenvalue weighted by Crippen LogP contribution is -2.45. The Morgan fingerprint density at radius 1 is 1.03 bits per heavy atom. The van der Waals surface area contributed by atoms with Crippen molar-refractivity contribution in [3.05, 3.63) is 59.7 Å². The zero-order valence-electron chi connectivity index (χ0n) is 17.0. The van der Waals surface area contributed by atoms with Crippen molar-refractivity contribution in [1.82, 2.24) is 10.2 Å². The summed E-state index contributed by atoms with van der Waals surface area (Å²) in [6.45, 7) is 0.899. The van der Waals surface area contributed by atoms with Gasteiger partial charge in [-0.2, -0.15) is 0 Å². The first-order valence-corrected chi connectivity index (χ1v) is 10.7. The van der Waals surface area contributed by atoms with Gasteiger partial charge in [-0.25, -0.2) is 4.79 Å². The topological polar surface area (TPSA) is 95.9 Å². The molecule has 4 aliphatic rings. The molecule has 2 aliphatic carbocycles. The number of nitrogens with zero attached hydrogens (tertiary/aromatic N) is 1. The summed E-state index contributed by atoms with van der Waals surface area (Å²) in [5.41, 5.74) is 4.63. The van der Waals surface area contributed by atoms with Crippen molar-refractivity contribution in [1.29, 1.82) is 0 Å². The monoisotopic (exact) mass is 420 g/mol. The second kappa shape index (κ2) is 7.72. The van der Waals surface area contributed by atoms with Gasteiger partial charge in [-0.05, 0) is 34.6 Å². The number of carboxylic acid groups (broad SMARTS) is 1. The smallest absolute Gasteiger partial charge is 0.407 e. The molecule has 6 rings (SSSR count). The minimum atomic E-state index is -0.826. The molecule has 2 aromatic rings. The largest absolute Gasteiger partial charge is 0.481 e. The highest BCUT2D eigenvalue weighted by molar-refractivity contribution is 5.82. The second-order valence-electron chi connectivity index (χ2n) is 8.48. The van der Waals surface area contributed by atoms with Crippen molar-refractivity contribution in [2.45, 2.75) is 24.8 Å². The third-order valence-corrected chi connectivity index (χ3v) is 6.86. The average Bonchev–Trinajstić information content (AvgIpc) is 3.43. The molecule has 3 atom stereocenters. The van der Waals surface area contributed by atoms with Crippen molar-refractivity contribution in [2.24, 2.45) is 11.8 Å². The highest BCUT2D eigenvalue weighted by Gasteiger charge is 2.56. The highest BCUT2D eigenvalue weighted by atomic mass is 16.5. The van der Waals surface area contributed by atoms with Gasteiger partial charge in [-0.1, -0.05) is 48.5 Å². The molecule has 2 saturated heterocycles. The Bertz CT molecular complexity index is 1010. The number of benzene rings is 2. The molecule has 160 valence electrons. The molecule has 2 aliphatic heterocycles. The van der Waals surface area contributed by atoms with E-state index in [1.807, 2.05) is 24.3 Å². The molecule has 7 nitrogen and oxygen atoms in total. The molecule has 0 aromatic heterocycles. The summed E-state index contributed by atoms with van der Waals surface area (Å²) in [6, 6.07) is 16.1. The van der Waals surface area contributed by atoms with Crippen LogP contribution in [-0.2, 0) is 14.3 Å².